The van der Waals surface area contributed by atoms with Gasteiger partial charge in [0.1, 0.15) is 6.10 Å². The smallest absolute Gasteiger partial charge is 0.158 e. The monoisotopic (exact) mass is 184 g/mol. The number of carbonyl (C=O) groups excluding carboxylic acids is 1. The van der Waals surface area contributed by atoms with E-state index in [-0.39, 0.29) is 5.78 Å². The maximum Gasteiger partial charge on any atom is 0.158 e. The molecular weight excluding hydrogens is 172 g/mol. The molecule has 1 aromatic rings. The summed E-state index contributed by atoms with van der Waals surface area (Å²) in [6.07, 6.45) is 0.543. The van der Waals surface area contributed by atoms with Gasteiger partial charge in [-0.15, -0.1) is 11.3 Å². The van der Waals surface area contributed by atoms with Crippen molar-refractivity contribution < 1.29 is 9.90 Å². The molecule has 1 aromatic heterocycles. The van der Waals surface area contributed by atoms with Crippen molar-refractivity contribution in [2.24, 2.45) is 0 Å². The number of aliphatic hydroxyl groups excluding tert-OH is 1. The molecule has 3 heteroatoms. The molecule has 1 unspecified atom stereocenters. The molecule has 1 atom stereocenters. The van der Waals surface area contributed by atoms with Gasteiger partial charge in [-0.05, 0) is 31.2 Å². The van der Waals surface area contributed by atoms with Crippen LogP contribution >= 0.6 is 11.3 Å². The standard InChI is InChI=1S/C9H12O2S/c1-7(10)9(11)5-4-8-3-2-6-12-8/h2-3,6,9,11H,4-5H2,1H3. The lowest BCUT2D eigenvalue weighted by molar-refractivity contribution is -0.125. The highest BCUT2D eigenvalue weighted by molar-refractivity contribution is 7.09. The summed E-state index contributed by atoms with van der Waals surface area (Å²) >= 11 is 1.65. The van der Waals surface area contributed by atoms with Crippen molar-refractivity contribution >= 4 is 17.1 Å². The van der Waals surface area contributed by atoms with Gasteiger partial charge in [0.05, 0.1) is 0 Å². The first-order valence-electron chi connectivity index (χ1n) is 3.91. The van der Waals surface area contributed by atoms with E-state index in [1.54, 1.807) is 11.3 Å². The van der Waals surface area contributed by atoms with E-state index in [1.165, 1.54) is 11.8 Å². The van der Waals surface area contributed by atoms with Crippen molar-refractivity contribution in [2.45, 2.75) is 25.9 Å². The molecule has 2 nitrogen and oxygen atoms in total. The lowest BCUT2D eigenvalue weighted by Gasteiger charge is -2.03. The molecular formula is C9H12O2S. The fourth-order valence-electron chi connectivity index (χ4n) is 0.937. The lowest BCUT2D eigenvalue weighted by atomic mass is 10.1. The average Bonchev–Trinajstić information content (AvgIpc) is 2.51. The SMILES string of the molecule is CC(=O)C(O)CCc1cccs1. The third kappa shape index (κ3) is 2.75. The fraction of sp³-hybridized carbons (Fsp3) is 0.444. The molecule has 12 heavy (non-hydrogen) atoms. The Kier molecular flexibility index (Phi) is 3.44. The van der Waals surface area contributed by atoms with E-state index in [1.807, 2.05) is 17.5 Å². The van der Waals surface area contributed by atoms with Gasteiger partial charge in [0.25, 0.3) is 0 Å². The number of rotatable bonds is 4. The van der Waals surface area contributed by atoms with E-state index in [2.05, 4.69) is 0 Å². The summed E-state index contributed by atoms with van der Waals surface area (Å²) in [6.45, 7) is 1.42. The third-order valence-corrected chi connectivity index (χ3v) is 2.65. The largest absolute Gasteiger partial charge is 0.385 e. The fourth-order valence-corrected chi connectivity index (χ4v) is 1.66. The van der Waals surface area contributed by atoms with Crippen LogP contribution in [0.15, 0.2) is 17.5 Å². The summed E-state index contributed by atoms with van der Waals surface area (Å²) in [5.74, 6) is -0.147. The van der Waals surface area contributed by atoms with Crippen molar-refractivity contribution in [1.29, 1.82) is 0 Å². The summed E-state index contributed by atoms with van der Waals surface area (Å²) in [4.78, 5) is 11.9. The minimum atomic E-state index is -0.785. The Balaban J connectivity index is 2.31. The third-order valence-electron chi connectivity index (χ3n) is 1.71. The van der Waals surface area contributed by atoms with Gasteiger partial charge in [-0.3, -0.25) is 4.79 Å². The van der Waals surface area contributed by atoms with Crippen molar-refractivity contribution in [1.82, 2.24) is 0 Å². The van der Waals surface area contributed by atoms with Gasteiger partial charge >= 0.3 is 0 Å². The molecule has 0 aliphatic carbocycles. The number of ketones is 1. The van der Waals surface area contributed by atoms with Crippen LogP contribution in [0.5, 0.6) is 0 Å². The van der Waals surface area contributed by atoms with Crippen LogP contribution in [0.25, 0.3) is 0 Å². The molecule has 0 saturated carbocycles. The molecule has 0 radical (unpaired) electrons. The molecule has 0 fully saturated rings. The van der Waals surface area contributed by atoms with Gasteiger partial charge in [-0.2, -0.15) is 0 Å². The summed E-state index contributed by atoms with van der Waals surface area (Å²) in [5, 5.41) is 11.2. The highest BCUT2D eigenvalue weighted by Crippen LogP contribution is 2.12. The molecule has 0 saturated heterocycles. The predicted octanol–water partition coefficient (Wildman–Crippen LogP) is 1.63. The van der Waals surface area contributed by atoms with Crippen molar-refractivity contribution in [3.05, 3.63) is 22.4 Å². The second-order valence-electron chi connectivity index (χ2n) is 2.74. The minimum Gasteiger partial charge on any atom is -0.385 e. The number of thiophene rings is 1. The maximum atomic E-state index is 10.7. The Morgan fingerprint density at radius 1 is 1.75 bits per heavy atom. The minimum absolute atomic E-state index is 0.147. The van der Waals surface area contributed by atoms with Crippen LogP contribution in [-0.4, -0.2) is 17.0 Å². The van der Waals surface area contributed by atoms with E-state index in [9.17, 15) is 9.90 Å². The number of hydrogen-bond acceptors (Lipinski definition) is 3. The second-order valence-corrected chi connectivity index (χ2v) is 3.78. The molecule has 0 amide bonds. The van der Waals surface area contributed by atoms with Crippen molar-refractivity contribution in [3.8, 4) is 0 Å². The van der Waals surface area contributed by atoms with E-state index in [4.69, 9.17) is 0 Å². The van der Waals surface area contributed by atoms with Crippen LogP contribution in [0.1, 0.15) is 18.2 Å². The Morgan fingerprint density at radius 2 is 2.50 bits per heavy atom. The molecule has 66 valence electrons. The quantitative estimate of drug-likeness (QED) is 0.772. The normalized spacial score (nSPS) is 12.8. The summed E-state index contributed by atoms with van der Waals surface area (Å²) in [7, 11) is 0. The predicted molar refractivity (Wildman–Crippen MR) is 49.3 cm³/mol. The Hall–Kier alpha value is -0.670. The zero-order chi connectivity index (χ0) is 8.97. The molecule has 1 N–H and O–H groups in total. The average molecular weight is 184 g/mol. The molecule has 0 aliphatic rings. The van der Waals surface area contributed by atoms with Crippen LogP contribution < -0.4 is 0 Å². The van der Waals surface area contributed by atoms with Crippen LogP contribution in [-0.2, 0) is 11.2 Å². The van der Waals surface area contributed by atoms with Crippen molar-refractivity contribution in [2.75, 3.05) is 0 Å². The van der Waals surface area contributed by atoms with Gasteiger partial charge in [-0.25, -0.2) is 0 Å². The van der Waals surface area contributed by atoms with E-state index >= 15 is 0 Å². The van der Waals surface area contributed by atoms with Gasteiger partial charge in [-0.1, -0.05) is 6.07 Å². The van der Waals surface area contributed by atoms with Gasteiger partial charge < -0.3 is 5.11 Å². The van der Waals surface area contributed by atoms with Crippen LogP contribution in [0.2, 0.25) is 0 Å². The molecule has 1 rings (SSSR count). The first-order valence-corrected chi connectivity index (χ1v) is 4.79. The molecule has 0 aromatic carbocycles. The lowest BCUT2D eigenvalue weighted by Crippen LogP contribution is -2.17. The van der Waals surface area contributed by atoms with E-state index in [0.717, 1.165) is 6.42 Å². The topological polar surface area (TPSA) is 37.3 Å². The maximum absolute atomic E-state index is 10.7. The first kappa shape index (κ1) is 9.42. The first-order chi connectivity index (χ1) is 5.70. The Bertz CT molecular complexity index is 241. The zero-order valence-corrected chi connectivity index (χ0v) is 7.80. The molecule has 0 aliphatic heterocycles. The number of Topliss-reactive ketones (excluding diaryl/α,β-unsaturated/α-hetero) is 1. The molecule has 0 bridgehead atoms. The second kappa shape index (κ2) is 4.38. The van der Waals surface area contributed by atoms with Gasteiger partial charge in [0, 0.05) is 4.88 Å². The zero-order valence-electron chi connectivity index (χ0n) is 6.99. The van der Waals surface area contributed by atoms with E-state index in [0.29, 0.717) is 6.42 Å². The summed E-state index contributed by atoms with van der Waals surface area (Å²) in [5.41, 5.74) is 0. The Morgan fingerprint density at radius 3 is 3.00 bits per heavy atom. The van der Waals surface area contributed by atoms with Crippen LogP contribution in [0.3, 0.4) is 0 Å². The number of aliphatic hydroxyl groups is 1. The molecule has 0 spiro atoms. The number of hydrogen-bond donors (Lipinski definition) is 1. The number of carbonyl (C=O) groups is 1. The van der Waals surface area contributed by atoms with Gasteiger partial charge in [0.2, 0.25) is 0 Å². The van der Waals surface area contributed by atoms with Gasteiger partial charge in [0.15, 0.2) is 5.78 Å². The summed E-state index contributed by atoms with van der Waals surface area (Å²) < 4.78 is 0. The Labute approximate surface area is 75.9 Å². The highest BCUT2D eigenvalue weighted by Gasteiger charge is 2.09. The highest BCUT2D eigenvalue weighted by atomic mass is 32.1. The van der Waals surface area contributed by atoms with Crippen molar-refractivity contribution in [3.63, 3.8) is 0 Å². The molecule has 1 heterocycles. The van der Waals surface area contributed by atoms with Crippen LogP contribution in [0.4, 0.5) is 0 Å². The summed E-state index contributed by atoms with van der Waals surface area (Å²) in [6, 6.07) is 3.98. The van der Waals surface area contributed by atoms with E-state index < -0.39 is 6.10 Å². The van der Waals surface area contributed by atoms with Crippen LogP contribution in [0, 0.1) is 0 Å². The number of aryl methyl sites for hydroxylation is 1.